The molecule has 1 aromatic rings. The van der Waals surface area contributed by atoms with Crippen molar-refractivity contribution in [3.8, 4) is 0 Å². The predicted octanol–water partition coefficient (Wildman–Crippen LogP) is 0.578. The largest absolute Gasteiger partial charge is 0.466 e. The van der Waals surface area contributed by atoms with Gasteiger partial charge in [0.05, 0.1) is 17.7 Å². The van der Waals surface area contributed by atoms with Crippen LogP contribution in [0.25, 0.3) is 0 Å². The van der Waals surface area contributed by atoms with Crippen LogP contribution in [-0.4, -0.2) is 41.1 Å². The van der Waals surface area contributed by atoms with Crippen molar-refractivity contribution in [2.24, 2.45) is 0 Å². The van der Waals surface area contributed by atoms with Gasteiger partial charge in [-0.15, -0.1) is 0 Å². The van der Waals surface area contributed by atoms with Crippen LogP contribution in [0.3, 0.4) is 0 Å². The second kappa shape index (κ2) is 6.69. The van der Waals surface area contributed by atoms with E-state index in [2.05, 4.69) is 14.2 Å². The number of carbonyl (C=O) groups excluding carboxylic acids is 2. The fourth-order valence-electron chi connectivity index (χ4n) is 1.21. The Bertz CT molecular complexity index is 628. The van der Waals surface area contributed by atoms with Crippen molar-refractivity contribution in [1.29, 1.82) is 0 Å². The summed E-state index contributed by atoms with van der Waals surface area (Å²) in [5.41, 5.74) is -0.0490. The monoisotopic (exact) mass is 321 g/mol. The van der Waals surface area contributed by atoms with E-state index in [0.29, 0.717) is 0 Å². The molecule has 7 nitrogen and oxygen atoms in total. The molecular formula is C11H12ClNO6S. The van der Waals surface area contributed by atoms with Crippen LogP contribution in [0.4, 0.5) is 0 Å². The highest BCUT2D eigenvalue weighted by atomic mass is 35.5. The van der Waals surface area contributed by atoms with Crippen molar-refractivity contribution in [3.05, 3.63) is 28.8 Å². The van der Waals surface area contributed by atoms with Gasteiger partial charge in [0.2, 0.25) is 10.0 Å². The van der Waals surface area contributed by atoms with Crippen LogP contribution in [0.15, 0.2) is 23.1 Å². The van der Waals surface area contributed by atoms with E-state index in [1.165, 1.54) is 19.2 Å². The van der Waals surface area contributed by atoms with Gasteiger partial charge in [-0.25, -0.2) is 22.7 Å². The van der Waals surface area contributed by atoms with Crippen LogP contribution in [0.2, 0.25) is 5.02 Å². The Kier molecular flexibility index (Phi) is 5.49. The quantitative estimate of drug-likeness (QED) is 0.796. The fraction of sp³-hybridized carbons (Fsp3) is 0.273. The molecule has 0 amide bonds. The molecule has 0 saturated carbocycles. The summed E-state index contributed by atoms with van der Waals surface area (Å²) < 4.78 is 34.4. The average Bonchev–Trinajstić information content (AvgIpc) is 2.44. The molecule has 0 aliphatic rings. The zero-order valence-corrected chi connectivity index (χ0v) is 12.2. The summed E-state index contributed by atoms with van der Waals surface area (Å²) in [5.74, 6) is -1.59. The normalized spacial score (nSPS) is 10.9. The lowest BCUT2D eigenvalue weighted by Gasteiger charge is -2.08. The van der Waals surface area contributed by atoms with Gasteiger partial charge in [-0.2, -0.15) is 0 Å². The molecule has 0 aromatic heterocycles. The summed E-state index contributed by atoms with van der Waals surface area (Å²) in [6, 6.07) is 3.60. The van der Waals surface area contributed by atoms with E-state index < -0.39 is 28.6 Å². The number of methoxy groups -OCH3 is 1. The minimum absolute atomic E-state index is 0.0381. The van der Waals surface area contributed by atoms with E-state index in [-0.39, 0.29) is 15.5 Å². The van der Waals surface area contributed by atoms with Crippen molar-refractivity contribution >= 4 is 33.6 Å². The summed E-state index contributed by atoms with van der Waals surface area (Å²) in [4.78, 5) is 22.2. The second-order valence-electron chi connectivity index (χ2n) is 3.51. The second-order valence-corrected chi connectivity index (χ2v) is 5.77. The van der Waals surface area contributed by atoms with Crippen LogP contribution in [0.1, 0.15) is 10.4 Å². The number of benzene rings is 1. The first-order chi connectivity index (χ1) is 9.31. The molecule has 1 aromatic carbocycles. The molecule has 0 atom stereocenters. The standard InChI is InChI=1S/C11H12ClNO6S/c1-13-20(16,17)9-5-7(3-4-8(9)12)11(15)19-6-10(14)18-2/h3-5,13H,6H2,1-2H3. The molecule has 0 fully saturated rings. The van der Waals surface area contributed by atoms with Crippen molar-refractivity contribution in [2.75, 3.05) is 20.8 Å². The molecule has 20 heavy (non-hydrogen) atoms. The first kappa shape index (κ1) is 16.4. The molecule has 1 rings (SSSR count). The van der Waals surface area contributed by atoms with Gasteiger partial charge in [0.25, 0.3) is 0 Å². The highest BCUT2D eigenvalue weighted by Crippen LogP contribution is 2.22. The summed E-state index contributed by atoms with van der Waals surface area (Å²) in [7, 11) is -1.44. The Morgan fingerprint density at radius 2 is 2.00 bits per heavy atom. The summed E-state index contributed by atoms with van der Waals surface area (Å²) in [6.07, 6.45) is 0. The highest BCUT2D eigenvalue weighted by molar-refractivity contribution is 7.89. The number of carbonyl (C=O) groups is 2. The highest BCUT2D eigenvalue weighted by Gasteiger charge is 2.19. The minimum atomic E-state index is -3.80. The van der Waals surface area contributed by atoms with Crippen molar-refractivity contribution in [1.82, 2.24) is 4.72 Å². The molecule has 1 N–H and O–H groups in total. The van der Waals surface area contributed by atoms with E-state index in [0.717, 1.165) is 13.2 Å². The Labute approximate surface area is 120 Å². The van der Waals surface area contributed by atoms with E-state index >= 15 is 0 Å². The van der Waals surface area contributed by atoms with Gasteiger partial charge < -0.3 is 9.47 Å². The number of hydrogen-bond acceptors (Lipinski definition) is 6. The number of rotatable bonds is 5. The number of esters is 2. The maximum atomic E-state index is 11.7. The van der Waals surface area contributed by atoms with E-state index in [9.17, 15) is 18.0 Å². The lowest BCUT2D eigenvalue weighted by molar-refractivity contribution is -0.144. The molecule has 0 radical (unpaired) electrons. The Morgan fingerprint density at radius 3 is 2.55 bits per heavy atom. The molecule has 0 heterocycles. The zero-order valence-electron chi connectivity index (χ0n) is 10.7. The van der Waals surface area contributed by atoms with Crippen LogP contribution in [0, 0.1) is 0 Å². The van der Waals surface area contributed by atoms with Gasteiger partial charge in [0.15, 0.2) is 6.61 Å². The first-order valence-corrected chi connectivity index (χ1v) is 7.15. The molecule has 0 aliphatic heterocycles. The molecule has 0 bridgehead atoms. The number of halogens is 1. The molecular weight excluding hydrogens is 310 g/mol. The molecule has 9 heteroatoms. The third-order valence-electron chi connectivity index (χ3n) is 2.27. The minimum Gasteiger partial charge on any atom is -0.466 e. The van der Waals surface area contributed by atoms with Gasteiger partial charge in [-0.3, -0.25) is 0 Å². The molecule has 0 aliphatic carbocycles. The molecule has 0 spiro atoms. The number of ether oxygens (including phenoxy) is 2. The average molecular weight is 322 g/mol. The predicted molar refractivity (Wildman–Crippen MR) is 70.0 cm³/mol. The molecule has 0 unspecified atom stereocenters. The fourth-order valence-corrected chi connectivity index (χ4v) is 2.46. The zero-order chi connectivity index (χ0) is 15.3. The lowest BCUT2D eigenvalue weighted by Crippen LogP contribution is -2.20. The third-order valence-corrected chi connectivity index (χ3v) is 4.17. The van der Waals surface area contributed by atoms with Crippen LogP contribution in [-0.2, 0) is 24.3 Å². The molecule has 110 valence electrons. The number of sulfonamides is 1. The molecule has 0 saturated heterocycles. The number of nitrogens with one attached hydrogen (secondary N) is 1. The maximum absolute atomic E-state index is 11.7. The number of hydrogen-bond donors (Lipinski definition) is 1. The summed E-state index contributed by atoms with van der Waals surface area (Å²) in [5, 5.41) is -0.0381. The summed E-state index contributed by atoms with van der Waals surface area (Å²) >= 11 is 5.77. The van der Waals surface area contributed by atoms with E-state index in [4.69, 9.17) is 11.6 Å². The third kappa shape index (κ3) is 3.92. The van der Waals surface area contributed by atoms with Crippen LogP contribution >= 0.6 is 11.6 Å². The first-order valence-electron chi connectivity index (χ1n) is 5.29. The van der Waals surface area contributed by atoms with E-state index in [1.54, 1.807) is 0 Å². The van der Waals surface area contributed by atoms with Crippen molar-refractivity contribution < 1.29 is 27.5 Å². The smallest absolute Gasteiger partial charge is 0.344 e. The Balaban J connectivity index is 3.01. The van der Waals surface area contributed by atoms with Gasteiger partial charge >= 0.3 is 11.9 Å². The Morgan fingerprint density at radius 1 is 1.35 bits per heavy atom. The van der Waals surface area contributed by atoms with Gasteiger partial charge in [-0.05, 0) is 25.2 Å². The van der Waals surface area contributed by atoms with E-state index in [1.807, 2.05) is 0 Å². The van der Waals surface area contributed by atoms with Gasteiger partial charge in [-0.1, -0.05) is 11.6 Å². The van der Waals surface area contributed by atoms with Crippen molar-refractivity contribution in [3.63, 3.8) is 0 Å². The SMILES string of the molecule is CNS(=O)(=O)c1cc(C(=O)OCC(=O)OC)ccc1Cl. The Hall–Kier alpha value is -1.64. The topological polar surface area (TPSA) is 98.8 Å². The van der Waals surface area contributed by atoms with Crippen molar-refractivity contribution in [2.45, 2.75) is 4.90 Å². The summed E-state index contributed by atoms with van der Waals surface area (Å²) in [6.45, 7) is -0.563. The van der Waals surface area contributed by atoms with Crippen LogP contribution < -0.4 is 4.72 Å². The maximum Gasteiger partial charge on any atom is 0.344 e. The van der Waals surface area contributed by atoms with Crippen LogP contribution in [0.5, 0.6) is 0 Å². The van der Waals surface area contributed by atoms with Gasteiger partial charge in [0, 0.05) is 0 Å². The lowest BCUT2D eigenvalue weighted by atomic mass is 10.2. The van der Waals surface area contributed by atoms with Gasteiger partial charge in [0.1, 0.15) is 4.90 Å².